The van der Waals surface area contributed by atoms with Gasteiger partial charge in [-0.2, -0.15) is 0 Å². The summed E-state index contributed by atoms with van der Waals surface area (Å²) in [6, 6.07) is 11.6. The van der Waals surface area contributed by atoms with Gasteiger partial charge >= 0.3 is 216 Å². The van der Waals surface area contributed by atoms with Crippen LogP contribution in [0.3, 0.4) is 0 Å². The number of hydrogen-bond donors (Lipinski definition) is 0. The van der Waals surface area contributed by atoms with Crippen LogP contribution < -0.4 is 7.74 Å². The second kappa shape index (κ2) is 9.36. The zero-order valence-electron chi connectivity index (χ0n) is 19.7. The quantitative estimate of drug-likeness (QED) is 0.195. The average Bonchev–Trinajstić information content (AvgIpc) is 3.71. The summed E-state index contributed by atoms with van der Waals surface area (Å²) in [6.45, 7) is 0. The maximum absolute atomic E-state index is 16.7. The van der Waals surface area contributed by atoms with E-state index in [2.05, 4.69) is 0 Å². The number of hydrogen-bond acceptors (Lipinski definition) is 0. The van der Waals surface area contributed by atoms with Crippen molar-refractivity contribution in [3.05, 3.63) is 141 Å². The second-order valence-corrected chi connectivity index (χ2v) is 15.2. The van der Waals surface area contributed by atoms with Crippen molar-refractivity contribution in [3.8, 4) is 11.4 Å². The summed E-state index contributed by atoms with van der Waals surface area (Å²) in [7, 11) is 0. The summed E-state index contributed by atoms with van der Waals surface area (Å²) in [5.74, 6) is -2.50. The van der Waals surface area contributed by atoms with Crippen LogP contribution >= 0.6 is 0 Å². The molecule has 0 bridgehead atoms. The summed E-state index contributed by atoms with van der Waals surface area (Å²) < 4.78 is 68.8. The molecule has 184 valence electrons. The maximum atomic E-state index is 16.7. The van der Waals surface area contributed by atoms with Gasteiger partial charge in [0, 0.05) is 0 Å². The van der Waals surface area contributed by atoms with Gasteiger partial charge in [0.05, 0.1) is 0 Å². The molecule has 2 nitrogen and oxygen atoms in total. The van der Waals surface area contributed by atoms with Crippen LogP contribution in [0.5, 0.6) is 0 Å². The third-order valence-electron chi connectivity index (χ3n) is 7.12. The van der Waals surface area contributed by atoms with Gasteiger partial charge in [0.15, 0.2) is 0 Å². The van der Waals surface area contributed by atoms with Gasteiger partial charge in [0.1, 0.15) is 0 Å². The van der Waals surface area contributed by atoms with Gasteiger partial charge in [-0.25, -0.2) is 0 Å². The van der Waals surface area contributed by atoms with E-state index in [1.165, 1.54) is 21.3 Å². The molecule has 0 radical (unpaired) electrons. The molecule has 0 atom stereocenters. The van der Waals surface area contributed by atoms with Gasteiger partial charge < -0.3 is 0 Å². The zero-order valence-corrected chi connectivity index (χ0v) is 21.3. The number of rotatable bonds is 6. The third-order valence-corrected chi connectivity index (χ3v) is 14.9. The molecule has 0 saturated carbocycles. The van der Waals surface area contributed by atoms with Gasteiger partial charge in [-0.1, -0.05) is 0 Å². The first-order chi connectivity index (χ1) is 18.0. The predicted octanol–water partition coefficient (Wildman–Crippen LogP) is 6.62. The molecule has 0 saturated heterocycles. The Hall–Kier alpha value is -3.61. The fourth-order valence-electron chi connectivity index (χ4n) is 5.56. The van der Waals surface area contributed by atoms with E-state index in [1.807, 2.05) is 36.5 Å². The third kappa shape index (κ3) is 3.83. The first kappa shape index (κ1) is 23.8. The van der Waals surface area contributed by atoms with Crippen LogP contribution in [0.2, 0.25) is 0 Å². The molecule has 2 aromatic heterocycles. The van der Waals surface area contributed by atoms with Crippen molar-refractivity contribution < 1.29 is 34.2 Å². The number of allylic oxidation sites excluding steroid dienone is 8. The minimum atomic E-state index is -4.55. The van der Waals surface area contributed by atoms with Crippen LogP contribution in [-0.2, 0) is 16.6 Å². The van der Waals surface area contributed by atoms with Gasteiger partial charge in [0.25, 0.3) is 0 Å². The molecule has 0 fully saturated rings. The van der Waals surface area contributed by atoms with Gasteiger partial charge in [-0.05, 0) is 0 Å². The van der Waals surface area contributed by atoms with Crippen LogP contribution in [0.15, 0.2) is 118 Å². The van der Waals surface area contributed by atoms with Crippen LogP contribution in [-0.4, -0.2) is 9.13 Å². The number of nitrogens with zero attached hydrogens (tertiary/aromatic N) is 2. The molecule has 4 aromatic rings. The summed E-state index contributed by atoms with van der Waals surface area (Å²) in [4.78, 5) is 0. The first-order valence-corrected chi connectivity index (χ1v) is 15.1. The Balaban J connectivity index is 1.74. The van der Waals surface area contributed by atoms with Gasteiger partial charge in [-0.15, -0.1) is 0 Å². The molecule has 0 N–H and O–H groups in total. The van der Waals surface area contributed by atoms with E-state index in [9.17, 15) is 0 Å². The Labute approximate surface area is 215 Å². The predicted molar refractivity (Wildman–Crippen MR) is 134 cm³/mol. The number of benzene rings is 2. The van der Waals surface area contributed by atoms with Gasteiger partial charge in [0.2, 0.25) is 0 Å². The molecular formula is C30H22F4N2Ti. The standard InChI is InChI=1S/2C10H6F2N.2C5H5.Ti/c2*11-8-3-4-9(12)10(7-8)13-5-1-2-6-13;2*1-2-4-5-3-1;/h2*1-3,5-7H;2*1-3H,4H2;. The molecule has 2 aliphatic carbocycles. The zero-order chi connectivity index (χ0) is 25.6. The fourth-order valence-corrected chi connectivity index (χ4v) is 13.8. The van der Waals surface area contributed by atoms with E-state index in [0.717, 1.165) is 19.9 Å². The summed E-state index contributed by atoms with van der Waals surface area (Å²) in [6.07, 6.45) is 18.8. The van der Waals surface area contributed by atoms with E-state index >= 15 is 17.6 Å². The van der Waals surface area contributed by atoms with Crippen molar-refractivity contribution in [1.29, 1.82) is 0 Å². The van der Waals surface area contributed by atoms with Crippen molar-refractivity contribution in [3.63, 3.8) is 0 Å². The van der Waals surface area contributed by atoms with E-state index in [-0.39, 0.29) is 19.1 Å². The molecular weight excluding hydrogens is 512 g/mol. The normalized spacial score (nSPS) is 14.9. The van der Waals surface area contributed by atoms with Crippen LogP contribution in [0.4, 0.5) is 17.6 Å². The second-order valence-electron chi connectivity index (χ2n) is 9.15. The molecule has 2 heterocycles. The fraction of sp³-hybridized carbons (Fsp3) is 0.0667. The average molecular weight is 534 g/mol. The summed E-state index contributed by atoms with van der Waals surface area (Å²) in [5.41, 5.74) is 0.0751. The number of aromatic nitrogens is 2. The van der Waals surface area contributed by atoms with Crippen molar-refractivity contribution in [2.45, 2.75) is 12.8 Å². The van der Waals surface area contributed by atoms with E-state index in [4.69, 9.17) is 0 Å². The van der Waals surface area contributed by atoms with Crippen molar-refractivity contribution in [1.82, 2.24) is 9.13 Å². The van der Waals surface area contributed by atoms with E-state index in [1.54, 1.807) is 49.1 Å². The van der Waals surface area contributed by atoms with Crippen molar-refractivity contribution in [2.75, 3.05) is 0 Å². The Kier molecular flexibility index (Phi) is 6.02. The van der Waals surface area contributed by atoms with Crippen molar-refractivity contribution >= 4 is 7.74 Å². The molecule has 7 heteroatoms. The Morgan fingerprint density at radius 1 is 0.568 bits per heavy atom. The molecule has 6 rings (SSSR count). The van der Waals surface area contributed by atoms with Crippen LogP contribution in [0.25, 0.3) is 11.4 Å². The first-order valence-electron chi connectivity index (χ1n) is 12.0. The molecule has 37 heavy (non-hydrogen) atoms. The monoisotopic (exact) mass is 534 g/mol. The Bertz CT molecular complexity index is 1490. The molecule has 2 aliphatic rings. The summed E-state index contributed by atoms with van der Waals surface area (Å²) >= 11 is -4.55. The topological polar surface area (TPSA) is 9.86 Å². The van der Waals surface area contributed by atoms with Crippen molar-refractivity contribution in [2.24, 2.45) is 0 Å². The number of halogens is 4. The van der Waals surface area contributed by atoms with Crippen LogP contribution in [0, 0.1) is 23.3 Å². The SMILES string of the molecule is Fc1cc(-n2cccc2)c(F)[c]([Ti]([C]2=CC=CC2)([C]2=CC=CC2)[c]2cc(F)cc(-n3cccc3)c2F)c1. The Morgan fingerprint density at radius 2 is 0.973 bits per heavy atom. The Morgan fingerprint density at radius 3 is 1.32 bits per heavy atom. The molecule has 2 aromatic carbocycles. The molecule has 0 aliphatic heterocycles. The molecule has 0 spiro atoms. The molecule has 0 amide bonds. The minimum absolute atomic E-state index is 0.0376. The van der Waals surface area contributed by atoms with E-state index < -0.39 is 39.9 Å². The molecule has 0 unspecified atom stereocenters. The van der Waals surface area contributed by atoms with Crippen LogP contribution in [0.1, 0.15) is 12.8 Å². The van der Waals surface area contributed by atoms with E-state index in [0.29, 0.717) is 12.8 Å². The van der Waals surface area contributed by atoms with Gasteiger partial charge in [-0.3, -0.25) is 0 Å². The summed E-state index contributed by atoms with van der Waals surface area (Å²) in [5, 5.41) is 0.